The molecule has 8 heteroatoms. The number of rotatable bonds is 7. The predicted octanol–water partition coefficient (Wildman–Crippen LogP) is 4.67. The molecule has 0 atom stereocenters. The second-order valence-corrected chi connectivity index (χ2v) is 7.43. The van der Waals surface area contributed by atoms with Gasteiger partial charge in [0.25, 0.3) is 5.69 Å². The first kappa shape index (κ1) is 18.9. The summed E-state index contributed by atoms with van der Waals surface area (Å²) in [6.07, 6.45) is 1.17. The van der Waals surface area contributed by atoms with E-state index in [1.165, 1.54) is 23.5 Å². The molecule has 1 aliphatic rings. The van der Waals surface area contributed by atoms with Crippen molar-refractivity contribution in [3.05, 3.63) is 69.6 Å². The number of hydrogen-bond acceptors (Lipinski definition) is 6. The number of non-ortho nitro benzene ring substituents is 1. The number of amides is 1. The number of aryl methyl sites for hydroxylation is 1. The van der Waals surface area contributed by atoms with Crippen LogP contribution in [0.2, 0.25) is 0 Å². The Bertz CT molecular complexity index is 1050. The van der Waals surface area contributed by atoms with E-state index in [9.17, 15) is 14.9 Å². The minimum Gasteiger partial charge on any atom is -0.490 e. The molecule has 0 saturated heterocycles. The number of carbonyl (C=O) groups is 1. The molecule has 2 heterocycles. The van der Waals surface area contributed by atoms with E-state index in [4.69, 9.17) is 9.47 Å². The quantitative estimate of drug-likeness (QED) is 0.347. The van der Waals surface area contributed by atoms with Crippen molar-refractivity contribution in [3.8, 4) is 21.9 Å². The zero-order valence-corrected chi connectivity index (χ0v) is 16.2. The number of fused-ring (bicyclic) bond motifs is 1. The number of nitrogens with one attached hydrogen (secondary N) is 1. The Labute approximate surface area is 171 Å². The lowest BCUT2D eigenvalue weighted by Crippen LogP contribution is -2.19. The van der Waals surface area contributed by atoms with Crippen molar-refractivity contribution in [2.45, 2.75) is 12.8 Å². The monoisotopic (exact) mass is 410 g/mol. The number of nitro groups is 1. The third-order valence-electron chi connectivity index (χ3n) is 4.54. The van der Waals surface area contributed by atoms with Crippen molar-refractivity contribution in [1.82, 2.24) is 0 Å². The molecular weight excluding hydrogens is 392 g/mol. The number of nitrogens with zero attached hydrogens (tertiary/aromatic N) is 1. The van der Waals surface area contributed by atoms with Crippen molar-refractivity contribution in [2.24, 2.45) is 0 Å². The van der Waals surface area contributed by atoms with Gasteiger partial charge in [0.05, 0.1) is 4.92 Å². The molecule has 4 rings (SSSR count). The van der Waals surface area contributed by atoms with Crippen LogP contribution in [0.15, 0.2) is 53.9 Å². The number of anilines is 1. The first-order valence-corrected chi connectivity index (χ1v) is 9.99. The van der Waals surface area contributed by atoms with E-state index in [-0.39, 0.29) is 11.6 Å². The van der Waals surface area contributed by atoms with Gasteiger partial charge < -0.3 is 14.8 Å². The Morgan fingerprint density at radius 1 is 1.07 bits per heavy atom. The Morgan fingerprint density at radius 2 is 1.93 bits per heavy atom. The molecule has 1 amide bonds. The van der Waals surface area contributed by atoms with Crippen LogP contribution < -0.4 is 14.8 Å². The van der Waals surface area contributed by atoms with Crippen molar-refractivity contribution in [2.75, 3.05) is 18.5 Å². The number of carbonyl (C=O) groups excluding carboxylic acids is 1. The molecule has 7 nitrogen and oxygen atoms in total. The van der Waals surface area contributed by atoms with Crippen molar-refractivity contribution < 1.29 is 19.2 Å². The Kier molecular flexibility index (Phi) is 5.44. The molecule has 0 bridgehead atoms. The fourth-order valence-corrected chi connectivity index (χ4v) is 3.89. The minimum absolute atomic E-state index is 0.0261. The third-order valence-corrected chi connectivity index (χ3v) is 5.45. The van der Waals surface area contributed by atoms with Gasteiger partial charge in [-0.1, -0.05) is 6.07 Å². The number of ether oxygens (including phenoxy) is 2. The minimum atomic E-state index is -0.414. The highest BCUT2D eigenvalue weighted by molar-refractivity contribution is 7.13. The van der Waals surface area contributed by atoms with Crippen molar-refractivity contribution >= 4 is 28.6 Å². The van der Waals surface area contributed by atoms with Crippen LogP contribution >= 0.6 is 11.3 Å². The Balaban J connectivity index is 1.40. The highest BCUT2D eigenvalue weighted by Gasteiger charge is 2.16. The van der Waals surface area contributed by atoms with E-state index in [0.29, 0.717) is 43.1 Å². The summed E-state index contributed by atoms with van der Waals surface area (Å²) in [4.78, 5) is 23.0. The molecule has 1 N–H and O–H groups in total. The van der Waals surface area contributed by atoms with E-state index in [0.717, 1.165) is 16.1 Å². The summed E-state index contributed by atoms with van der Waals surface area (Å²) >= 11 is 1.50. The molecule has 1 aromatic heterocycles. The van der Waals surface area contributed by atoms with Gasteiger partial charge in [0, 0.05) is 34.7 Å². The van der Waals surface area contributed by atoms with Crippen LogP contribution in [0, 0.1) is 10.1 Å². The first-order valence-electron chi connectivity index (χ1n) is 9.11. The second-order valence-electron chi connectivity index (χ2n) is 6.48. The first-order chi connectivity index (χ1) is 14.1. The van der Waals surface area contributed by atoms with Gasteiger partial charge in [-0.05, 0) is 47.7 Å². The van der Waals surface area contributed by atoms with Crippen LogP contribution in [-0.4, -0.2) is 24.0 Å². The molecule has 0 saturated carbocycles. The zero-order valence-electron chi connectivity index (χ0n) is 15.4. The van der Waals surface area contributed by atoms with E-state index in [1.807, 2.05) is 35.7 Å². The van der Waals surface area contributed by atoms with Gasteiger partial charge in [0.2, 0.25) is 5.91 Å². The van der Waals surface area contributed by atoms with E-state index in [1.54, 1.807) is 6.07 Å². The third kappa shape index (κ3) is 4.38. The molecule has 0 radical (unpaired) electrons. The average molecular weight is 410 g/mol. The van der Waals surface area contributed by atoms with Gasteiger partial charge in [-0.25, -0.2) is 0 Å². The fraction of sp³-hybridized carbons (Fsp3) is 0.190. The summed E-state index contributed by atoms with van der Waals surface area (Å²) < 4.78 is 11.6. The highest BCUT2D eigenvalue weighted by Crippen LogP contribution is 2.36. The van der Waals surface area contributed by atoms with E-state index in [2.05, 4.69) is 5.32 Å². The lowest BCUT2D eigenvalue weighted by Gasteiger charge is -2.18. The topological polar surface area (TPSA) is 90.7 Å². The van der Waals surface area contributed by atoms with Crippen molar-refractivity contribution in [3.63, 3.8) is 0 Å². The zero-order chi connectivity index (χ0) is 20.2. The van der Waals surface area contributed by atoms with Gasteiger partial charge in [0.15, 0.2) is 0 Å². The van der Waals surface area contributed by atoms with Gasteiger partial charge in [0.1, 0.15) is 24.7 Å². The van der Waals surface area contributed by atoms with Crippen LogP contribution in [0.25, 0.3) is 10.4 Å². The van der Waals surface area contributed by atoms with Gasteiger partial charge >= 0.3 is 0 Å². The maximum Gasteiger partial charge on any atom is 0.270 e. The predicted molar refractivity (Wildman–Crippen MR) is 111 cm³/mol. The highest BCUT2D eigenvalue weighted by atomic mass is 32.1. The largest absolute Gasteiger partial charge is 0.490 e. The summed E-state index contributed by atoms with van der Waals surface area (Å²) in [7, 11) is 0. The number of thiophene rings is 1. The fourth-order valence-electron chi connectivity index (χ4n) is 3.14. The SMILES string of the molecule is O=C1CCc2cc(OCCOc3ccc([N+](=O)[O-])cc3-c3cccs3)ccc2N1. The number of nitro benzene ring substituents is 1. The standard InChI is InChI=1S/C21H18N2O5S/c24-21-8-3-14-12-16(5-6-18(14)22-21)27-9-10-28-19-7-4-15(23(25)26)13-17(19)20-2-1-11-29-20/h1-2,4-7,11-13H,3,8-10H2,(H,22,24). The van der Waals surface area contributed by atoms with Crippen LogP contribution in [0.5, 0.6) is 11.5 Å². The van der Waals surface area contributed by atoms with Crippen LogP contribution in [-0.2, 0) is 11.2 Å². The summed E-state index contributed by atoms with van der Waals surface area (Å²) in [5.74, 6) is 1.32. The average Bonchev–Trinajstić information content (AvgIpc) is 3.26. The van der Waals surface area contributed by atoms with Crippen LogP contribution in [0.3, 0.4) is 0 Å². The number of hydrogen-bond donors (Lipinski definition) is 1. The lowest BCUT2D eigenvalue weighted by atomic mass is 10.0. The normalized spacial score (nSPS) is 12.8. The Morgan fingerprint density at radius 3 is 2.72 bits per heavy atom. The maximum absolute atomic E-state index is 11.4. The van der Waals surface area contributed by atoms with Crippen LogP contribution in [0.1, 0.15) is 12.0 Å². The van der Waals surface area contributed by atoms with Gasteiger partial charge in [-0.3, -0.25) is 14.9 Å². The smallest absolute Gasteiger partial charge is 0.270 e. The summed E-state index contributed by atoms with van der Waals surface area (Å²) in [6.45, 7) is 0.621. The molecule has 29 heavy (non-hydrogen) atoms. The van der Waals surface area contributed by atoms with Crippen LogP contribution in [0.4, 0.5) is 11.4 Å². The molecule has 1 aliphatic heterocycles. The molecule has 0 spiro atoms. The second kappa shape index (κ2) is 8.32. The summed E-state index contributed by atoms with van der Waals surface area (Å²) in [6, 6.07) is 14.0. The van der Waals surface area contributed by atoms with E-state index >= 15 is 0 Å². The summed E-state index contributed by atoms with van der Waals surface area (Å²) in [5, 5.41) is 15.9. The molecule has 0 fully saturated rings. The Hall–Kier alpha value is -3.39. The molecule has 0 aliphatic carbocycles. The molecule has 148 valence electrons. The van der Waals surface area contributed by atoms with Gasteiger partial charge in [-0.2, -0.15) is 0 Å². The molecule has 2 aromatic carbocycles. The molecular formula is C21H18N2O5S. The molecule has 3 aromatic rings. The summed E-state index contributed by atoms with van der Waals surface area (Å²) in [5.41, 5.74) is 2.60. The van der Waals surface area contributed by atoms with E-state index < -0.39 is 4.92 Å². The molecule has 0 unspecified atom stereocenters. The lowest BCUT2D eigenvalue weighted by molar-refractivity contribution is -0.384. The van der Waals surface area contributed by atoms with Gasteiger partial charge in [-0.15, -0.1) is 11.3 Å². The maximum atomic E-state index is 11.4. The number of benzene rings is 2. The van der Waals surface area contributed by atoms with Crippen molar-refractivity contribution in [1.29, 1.82) is 0 Å².